The molecular weight excluding hydrogens is 468 g/mol. The third-order valence-electron chi connectivity index (χ3n) is 7.25. The van der Waals surface area contributed by atoms with Crippen LogP contribution in [0.25, 0.3) is 65.3 Å². The fraction of sp³-hybridized carbons (Fsp3) is 0.128. The fourth-order valence-corrected chi connectivity index (χ4v) is 5.62. The Labute approximate surface area is 232 Å². The van der Waals surface area contributed by atoms with Crippen LogP contribution < -0.4 is 0 Å². The summed E-state index contributed by atoms with van der Waals surface area (Å²) >= 11 is 0. The van der Waals surface area contributed by atoms with E-state index in [1.54, 1.807) is 0 Å². The van der Waals surface area contributed by atoms with Gasteiger partial charge in [-0.25, -0.2) is 0 Å². The fourth-order valence-electron chi connectivity index (χ4n) is 5.62. The Hall–Kier alpha value is -4.42. The molecule has 0 aliphatic rings. The van der Waals surface area contributed by atoms with Crippen molar-refractivity contribution in [1.82, 2.24) is 0 Å². The second-order valence-electron chi connectivity index (χ2n) is 9.47. The normalized spacial score (nSPS) is 10.7. The molecule has 39 heavy (non-hydrogen) atoms. The summed E-state index contributed by atoms with van der Waals surface area (Å²) in [4.78, 5) is 0. The van der Waals surface area contributed by atoms with Crippen molar-refractivity contribution in [2.24, 2.45) is 0 Å². The highest BCUT2D eigenvalue weighted by Gasteiger charge is 2.16. The lowest BCUT2D eigenvalue weighted by atomic mass is 9.85. The smallest absolute Gasteiger partial charge is 0.00262 e. The third kappa shape index (κ3) is 4.79. The SMILES string of the molecule is CC.CC.Cc1ccc2ccc(-c3c4ccccc4c(-c4ccc5ccccc5c4)c4ccccc34)cc2c1. The van der Waals surface area contributed by atoms with Gasteiger partial charge in [-0.1, -0.05) is 149 Å². The van der Waals surface area contributed by atoms with Gasteiger partial charge < -0.3 is 0 Å². The van der Waals surface area contributed by atoms with Gasteiger partial charge in [0.15, 0.2) is 0 Å². The Morgan fingerprint density at radius 2 is 0.718 bits per heavy atom. The summed E-state index contributed by atoms with van der Waals surface area (Å²) in [5.74, 6) is 0. The molecule has 0 heteroatoms. The molecule has 0 N–H and O–H groups in total. The van der Waals surface area contributed by atoms with Crippen LogP contribution in [0.3, 0.4) is 0 Å². The first-order chi connectivity index (χ1) is 19.3. The molecule has 0 bridgehead atoms. The van der Waals surface area contributed by atoms with E-state index in [9.17, 15) is 0 Å². The molecule has 0 heterocycles. The molecule has 0 nitrogen and oxygen atoms in total. The number of hydrogen-bond donors (Lipinski definition) is 0. The molecule has 0 aliphatic carbocycles. The number of rotatable bonds is 2. The number of fused-ring (bicyclic) bond motifs is 4. The van der Waals surface area contributed by atoms with Gasteiger partial charge in [-0.3, -0.25) is 0 Å². The average molecular weight is 505 g/mol. The number of hydrogen-bond acceptors (Lipinski definition) is 0. The topological polar surface area (TPSA) is 0 Å². The first-order valence-corrected chi connectivity index (χ1v) is 14.2. The number of benzene rings is 7. The van der Waals surface area contributed by atoms with Gasteiger partial charge in [-0.15, -0.1) is 0 Å². The van der Waals surface area contributed by atoms with E-state index in [0.29, 0.717) is 0 Å². The molecule has 0 aliphatic heterocycles. The summed E-state index contributed by atoms with van der Waals surface area (Å²) in [6.07, 6.45) is 0. The van der Waals surface area contributed by atoms with Crippen LogP contribution in [-0.2, 0) is 0 Å². The molecule has 7 aromatic rings. The van der Waals surface area contributed by atoms with Crippen LogP contribution in [0.15, 0.2) is 127 Å². The van der Waals surface area contributed by atoms with Crippen LogP contribution in [-0.4, -0.2) is 0 Å². The van der Waals surface area contributed by atoms with Gasteiger partial charge in [0.2, 0.25) is 0 Å². The van der Waals surface area contributed by atoms with E-state index < -0.39 is 0 Å². The lowest BCUT2D eigenvalue weighted by molar-refractivity contribution is 1.50. The lowest BCUT2D eigenvalue weighted by Gasteiger charge is -2.18. The van der Waals surface area contributed by atoms with E-state index in [2.05, 4.69) is 134 Å². The monoisotopic (exact) mass is 504 g/mol. The summed E-state index contributed by atoms with van der Waals surface area (Å²) in [5, 5.41) is 10.3. The van der Waals surface area contributed by atoms with Crippen molar-refractivity contribution in [2.45, 2.75) is 34.6 Å². The van der Waals surface area contributed by atoms with E-state index in [1.165, 1.54) is 70.9 Å². The van der Waals surface area contributed by atoms with E-state index in [-0.39, 0.29) is 0 Å². The predicted octanol–water partition coefficient (Wildman–Crippen LogP) is 12.0. The molecule has 0 spiro atoms. The van der Waals surface area contributed by atoms with Crippen molar-refractivity contribution in [3.05, 3.63) is 133 Å². The van der Waals surface area contributed by atoms with Gasteiger partial charge in [0.1, 0.15) is 0 Å². The van der Waals surface area contributed by atoms with Gasteiger partial charge in [-0.2, -0.15) is 0 Å². The lowest BCUT2D eigenvalue weighted by Crippen LogP contribution is -1.91. The minimum absolute atomic E-state index is 1.26. The van der Waals surface area contributed by atoms with Gasteiger partial charge >= 0.3 is 0 Å². The molecule has 0 aromatic heterocycles. The van der Waals surface area contributed by atoms with Crippen LogP contribution in [0.2, 0.25) is 0 Å². The summed E-state index contributed by atoms with van der Waals surface area (Å²) in [6, 6.07) is 46.8. The Bertz CT molecular complexity index is 1850. The molecular formula is C39H36. The second-order valence-corrected chi connectivity index (χ2v) is 9.47. The molecule has 7 rings (SSSR count). The predicted molar refractivity (Wildman–Crippen MR) is 175 cm³/mol. The molecule has 0 unspecified atom stereocenters. The van der Waals surface area contributed by atoms with E-state index in [0.717, 1.165) is 0 Å². The van der Waals surface area contributed by atoms with Crippen molar-refractivity contribution < 1.29 is 0 Å². The largest absolute Gasteiger partial charge is 0.0683 e. The van der Waals surface area contributed by atoms with Gasteiger partial charge in [0, 0.05) is 0 Å². The van der Waals surface area contributed by atoms with Gasteiger partial charge in [0.05, 0.1) is 0 Å². The summed E-state index contributed by atoms with van der Waals surface area (Å²) < 4.78 is 0. The zero-order valence-corrected chi connectivity index (χ0v) is 23.6. The highest BCUT2D eigenvalue weighted by atomic mass is 14.2. The first-order valence-electron chi connectivity index (χ1n) is 14.2. The van der Waals surface area contributed by atoms with E-state index in [4.69, 9.17) is 0 Å². The Kier molecular flexibility index (Phi) is 7.75. The maximum atomic E-state index is 2.35. The van der Waals surface area contributed by atoms with Crippen LogP contribution >= 0.6 is 0 Å². The van der Waals surface area contributed by atoms with Crippen LogP contribution in [0.5, 0.6) is 0 Å². The summed E-state index contributed by atoms with van der Waals surface area (Å²) in [6.45, 7) is 10.2. The van der Waals surface area contributed by atoms with E-state index in [1.807, 2.05) is 27.7 Å². The van der Waals surface area contributed by atoms with Crippen molar-refractivity contribution in [3.8, 4) is 22.3 Å². The molecule has 192 valence electrons. The summed E-state index contributed by atoms with van der Waals surface area (Å²) in [5.41, 5.74) is 6.43. The summed E-state index contributed by atoms with van der Waals surface area (Å²) in [7, 11) is 0. The highest BCUT2D eigenvalue weighted by molar-refractivity contribution is 6.22. The van der Waals surface area contributed by atoms with Crippen molar-refractivity contribution in [1.29, 1.82) is 0 Å². The molecule has 7 aromatic carbocycles. The maximum absolute atomic E-state index is 2.35. The quantitative estimate of drug-likeness (QED) is 0.205. The molecule has 0 atom stereocenters. The van der Waals surface area contributed by atoms with Crippen LogP contribution in [0, 0.1) is 6.92 Å². The Morgan fingerprint density at radius 3 is 1.23 bits per heavy atom. The van der Waals surface area contributed by atoms with Crippen molar-refractivity contribution >= 4 is 43.1 Å². The number of aryl methyl sites for hydroxylation is 1. The van der Waals surface area contributed by atoms with Crippen molar-refractivity contribution in [2.75, 3.05) is 0 Å². The minimum Gasteiger partial charge on any atom is -0.0683 e. The Balaban J connectivity index is 0.000000738. The molecule has 0 saturated heterocycles. The Morgan fingerprint density at radius 1 is 0.333 bits per heavy atom. The molecule has 0 radical (unpaired) electrons. The van der Waals surface area contributed by atoms with Crippen molar-refractivity contribution in [3.63, 3.8) is 0 Å². The molecule has 0 fully saturated rings. The maximum Gasteiger partial charge on any atom is -0.00262 e. The zero-order chi connectivity index (χ0) is 27.4. The zero-order valence-electron chi connectivity index (χ0n) is 23.6. The van der Waals surface area contributed by atoms with Crippen LogP contribution in [0.4, 0.5) is 0 Å². The van der Waals surface area contributed by atoms with Gasteiger partial charge in [-0.05, 0) is 84.4 Å². The second kappa shape index (κ2) is 11.5. The van der Waals surface area contributed by atoms with Gasteiger partial charge in [0.25, 0.3) is 0 Å². The molecule has 0 saturated carbocycles. The van der Waals surface area contributed by atoms with E-state index >= 15 is 0 Å². The first kappa shape index (κ1) is 26.2. The highest BCUT2D eigenvalue weighted by Crippen LogP contribution is 2.44. The molecule has 0 amide bonds. The minimum atomic E-state index is 1.26. The third-order valence-corrected chi connectivity index (χ3v) is 7.25. The average Bonchev–Trinajstić information content (AvgIpc) is 3.01. The van der Waals surface area contributed by atoms with Crippen LogP contribution in [0.1, 0.15) is 33.3 Å². The standard InChI is InChI=1S/C35H24.2C2H6/c1-23-14-15-25-17-19-28(22-29(25)20-23)35-32-12-6-4-10-30(32)34(31-11-5-7-13-33(31)35)27-18-16-24-8-2-3-9-26(24)21-27;2*1-2/h2-22H,1H3;2*1-2H3.